The molecule has 2 heterocycles. The Morgan fingerprint density at radius 1 is 1.03 bits per heavy atom. The van der Waals surface area contributed by atoms with Crippen LogP contribution in [0.25, 0.3) is 11.1 Å². The average molecular weight is 401 g/mol. The largest absolute Gasteiger partial charge is 0.497 e. The minimum Gasteiger partial charge on any atom is -0.497 e. The average Bonchev–Trinajstić information content (AvgIpc) is 2.85. The Balaban J connectivity index is 1.55. The number of nitrogens with one attached hydrogen (secondary N) is 1. The smallest absolute Gasteiger partial charge is 0.254 e. The summed E-state index contributed by atoms with van der Waals surface area (Å²) >= 11 is 0. The lowest BCUT2D eigenvalue weighted by Gasteiger charge is -2.21. The van der Waals surface area contributed by atoms with Gasteiger partial charge in [0.15, 0.2) is 0 Å². The number of fused-ring (bicyclic) bond motifs is 1. The Bertz CT molecular complexity index is 1090. The van der Waals surface area contributed by atoms with E-state index in [2.05, 4.69) is 10.3 Å². The zero-order valence-corrected chi connectivity index (χ0v) is 17.2. The molecule has 4 rings (SSSR count). The van der Waals surface area contributed by atoms with Gasteiger partial charge in [0, 0.05) is 30.9 Å². The van der Waals surface area contributed by atoms with Gasteiger partial charge in [-0.15, -0.1) is 0 Å². The standard InChI is InChI=1S/C24H23N3O3/c1-15-4-7-18(14-25-15)17-8-5-16(6-9-17)12-21-24(29)27(2)22-11-10-19(30-3)13-20(22)23(28)26-21/h4-11,13-14,21H,12H2,1-3H3,(H,26,28). The molecule has 1 aromatic heterocycles. The lowest BCUT2D eigenvalue weighted by molar-refractivity contribution is -0.120. The molecule has 30 heavy (non-hydrogen) atoms. The quantitative estimate of drug-likeness (QED) is 0.728. The van der Waals surface area contributed by atoms with Crippen LogP contribution in [0.4, 0.5) is 5.69 Å². The number of rotatable bonds is 4. The predicted molar refractivity (Wildman–Crippen MR) is 116 cm³/mol. The van der Waals surface area contributed by atoms with E-state index in [0.717, 1.165) is 22.4 Å². The summed E-state index contributed by atoms with van der Waals surface area (Å²) in [7, 11) is 3.23. The van der Waals surface area contributed by atoms with Gasteiger partial charge < -0.3 is 15.0 Å². The van der Waals surface area contributed by atoms with Gasteiger partial charge in [-0.2, -0.15) is 0 Å². The number of ether oxygens (including phenoxy) is 1. The molecule has 152 valence electrons. The predicted octanol–water partition coefficient (Wildman–Crippen LogP) is 3.38. The van der Waals surface area contributed by atoms with Gasteiger partial charge in [-0.25, -0.2) is 0 Å². The Morgan fingerprint density at radius 2 is 1.77 bits per heavy atom. The van der Waals surface area contributed by atoms with Crippen LogP contribution in [0.5, 0.6) is 5.75 Å². The molecule has 0 spiro atoms. The number of aryl methyl sites for hydroxylation is 1. The molecule has 1 N–H and O–H groups in total. The van der Waals surface area contributed by atoms with Crippen LogP contribution in [0.1, 0.15) is 21.6 Å². The Kier molecular flexibility index (Phi) is 5.23. The number of methoxy groups -OCH3 is 1. The molecule has 3 aromatic rings. The number of carbonyl (C=O) groups is 2. The minimum atomic E-state index is -0.646. The van der Waals surface area contributed by atoms with Crippen LogP contribution in [-0.2, 0) is 11.2 Å². The highest BCUT2D eigenvalue weighted by atomic mass is 16.5. The summed E-state index contributed by atoms with van der Waals surface area (Å²) in [5.41, 5.74) is 5.03. The van der Waals surface area contributed by atoms with Gasteiger partial charge >= 0.3 is 0 Å². The SMILES string of the molecule is COc1ccc2c(c1)C(=O)NC(Cc1ccc(-c3ccc(C)nc3)cc1)C(=O)N2C. The van der Waals surface area contributed by atoms with E-state index in [9.17, 15) is 9.59 Å². The third kappa shape index (κ3) is 3.76. The first-order valence-electron chi connectivity index (χ1n) is 9.74. The lowest BCUT2D eigenvalue weighted by Crippen LogP contribution is -2.45. The topological polar surface area (TPSA) is 71.5 Å². The number of nitrogens with zero attached hydrogens (tertiary/aromatic N) is 2. The van der Waals surface area contributed by atoms with Crippen molar-refractivity contribution >= 4 is 17.5 Å². The van der Waals surface area contributed by atoms with E-state index in [1.54, 1.807) is 32.4 Å². The number of likely N-dealkylation sites (N-methyl/N-ethyl adjacent to an activating group) is 1. The van der Waals surface area contributed by atoms with Crippen molar-refractivity contribution in [2.45, 2.75) is 19.4 Å². The number of hydrogen-bond donors (Lipinski definition) is 1. The van der Waals surface area contributed by atoms with Crippen molar-refractivity contribution < 1.29 is 14.3 Å². The van der Waals surface area contributed by atoms with Crippen LogP contribution in [0.3, 0.4) is 0 Å². The van der Waals surface area contributed by atoms with E-state index in [4.69, 9.17) is 4.74 Å². The van der Waals surface area contributed by atoms with Crippen molar-refractivity contribution in [3.63, 3.8) is 0 Å². The number of amides is 2. The van der Waals surface area contributed by atoms with E-state index in [-0.39, 0.29) is 11.8 Å². The molecule has 6 heteroatoms. The van der Waals surface area contributed by atoms with E-state index in [1.165, 1.54) is 4.90 Å². The molecule has 1 aliphatic rings. The molecule has 0 saturated heterocycles. The fourth-order valence-corrected chi connectivity index (χ4v) is 3.61. The summed E-state index contributed by atoms with van der Waals surface area (Å²) in [6, 6.07) is 16.5. The molecule has 6 nitrogen and oxygen atoms in total. The second-order valence-electron chi connectivity index (χ2n) is 7.40. The van der Waals surface area contributed by atoms with E-state index < -0.39 is 6.04 Å². The van der Waals surface area contributed by atoms with Crippen molar-refractivity contribution in [2.24, 2.45) is 0 Å². The summed E-state index contributed by atoms with van der Waals surface area (Å²) in [5, 5.41) is 2.87. The van der Waals surface area contributed by atoms with E-state index >= 15 is 0 Å². The summed E-state index contributed by atoms with van der Waals surface area (Å²) < 4.78 is 5.22. The number of benzene rings is 2. The van der Waals surface area contributed by atoms with Crippen LogP contribution in [0.2, 0.25) is 0 Å². The molecule has 0 aliphatic carbocycles. The van der Waals surface area contributed by atoms with Crippen LogP contribution in [-0.4, -0.2) is 37.0 Å². The second kappa shape index (κ2) is 7.99. The van der Waals surface area contributed by atoms with E-state index in [1.807, 2.05) is 49.5 Å². The maximum Gasteiger partial charge on any atom is 0.254 e. The molecular weight excluding hydrogens is 378 g/mol. The van der Waals surface area contributed by atoms with Crippen LogP contribution >= 0.6 is 0 Å². The van der Waals surface area contributed by atoms with Gasteiger partial charge in [-0.3, -0.25) is 14.6 Å². The third-order valence-corrected chi connectivity index (χ3v) is 5.38. The highest BCUT2D eigenvalue weighted by Crippen LogP contribution is 2.28. The third-order valence-electron chi connectivity index (χ3n) is 5.38. The number of carbonyl (C=O) groups excluding carboxylic acids is 2. The van der Waals surface area contributed by atoms with Crippen LogP contribution in [0, 0.1) is 6.92 Å². The highest BCUT2D eigenvalue weighted by Gasteiger charge is 2.32. The maximum atomic E-state index is 13.0. The first kappa shape index (κ1) is 19.6. The second-order valence-corrected chi connectivity index (χ2v) is 7.40. The lowest BCUT2D eigenvalue weighted by atomic mass is 10.0. The van der Waals surface area contributed by atoms with Gasteiger partial charge in [0.2, 0.25) is 5.91 Å². The molecule has 0 fully saturated rings. The van der Waals surface area contributed by atoms with Crippen LogP contribution < -0.4 is 15.0 Å². The van der Waals surface area contributed by atoms with E-state index in [0.29, 0.717) is 23.4 Å². The van der Waals surface area contributed by atoms with Crippen molar-refractivity contribution in [3.05, 3.63) is 77.6 Å². The first-order valence-corrected chi connectivity index (χ1v) is 9.74. The minimum absolute atomic E-state index is 0.154. The van der Waals surface area contributed by atoms with Crippen molar-refractivity contribution in [3.8, 4) is 16.9 Å². The number of aromatic nitrogens is 1. The molecule has 2 aromatic carbocycles. The number of pyridine rings is 1. The van der Waals surface area contributed by atoms with Gasteiger partial charge in [0.1, 0.15) is 11.8 Å². The van der Waals surface area contributed by atoms with Crippen molar-refractivity contribution in [2.75, 3.05) is 19.1 Å². The summed E-state index contributed by atoms with van der Waals surface area (Å²) in [6.07, 6.45) is 2.26. The summed E-state index contributed by atoms with van der Waals surface area (Å²) in [5.74, 6) is 0.136. The van der Waals surface area contributed by atoms with Gasteiger partial charge in [-0.1, -0.05) is 30.3 Å². The molecule has 0 radical (unpaired) electrons. The molecule has 1 aliphatic heterocycles. The molecular formula is C24H23N3O3. The monoisotopic (exact) mass is 401 g/mol. The van der Waals surface area contributed by atoms with Crippen molar-refractivity contribution in [1.29, 1.82) is 0 Å². The fraction of sp³-hybridized carbons (Fsp3) is 0.208. The number of anilines is 1. The molecule has 2 amide bonds. The fourth-order valence-electron chi connectivity index (χ4n) is 3.61. The van der Waals surface area contributed by atoms with Gasteiger partial charge in [-0.05, 0) is 42.3 Å². The zero-order valence-electron chi connectivity index (χ0n) is 17.2. The van der Waals surface area contributed by atoms with Crippen molar-refractivity contribution in [1.82, 2.24) is 10.3 Å². The summed E-state index contributed by atoms with van der Waals surface area (Å²) in [4.78, 5) is 31.6. The molecule has 0 saturated carbocycles. The zero-order chi connectivity index (χ0) is 21.3. The van der Waals surface area contributed by atoms with Gasteiger partial charge in [0.25, 0.3) is 5.91 Å². The Hall–Kier alpha value is -3.67. The molecule has 0 bridgehead atoms. The first-order chi connectivity index (χ1) is 14.5. The maximum absolute atomic E-state index is 13.0. The Labute approximate surface area is 175 Å². The van der Waals surface area contributed by atoms with Crippen LogP contribution in [0.15, 0.2) is 60.8 Å². The van der Waals surface area contributed by atoms with Gasteiger partial charge in [0.05, 0.1) is 18.4 Å². The number of hydrogen-bond acceptors (Lipinski definition) is 4. The summed E-state index contributed by atoms with van der Waals surface area (Å²) in [6.45, 7) is 1.95. The molecule has 1 atom stereocenters. The molecule has 1 unspecified atom stereocenters. The Morgan fingerprint density at radius 3 is 2.43 bits per heavy atom. The highest BCUT2D eigenvalue weighted by molar-refractivity contribution is 6.11. The normalized spacial score (nSPS) is 16.0.